The van der Waals surface area contributed by atoms with Crippen LogP contribution in [0.2, 0.25) is 0 Å². The van der Waals surface area contributed by atoms with Gasteiger partial charge in [0, 0.05) is 19.3 Å². The number of likely N-dealkylation sites (tertiary alicyclic amines) is 1. The first-order valence-electron chi connectivity index (χ1n) is 8.31. The van der Waals surface area contributed by atoms with E-state index in [4.69, 9.17) is 0 Å². The van der Waals surface area contributed by atoms with Gasteiger partial charge in [0.25, 0.3) is 0 Å². The van der Waals surface area contributed by atoms with Gasteiger partial charge in [-0.05, 0) is 24.5 Å². The van der Waals surface area contributed by atoms with Gasteiger partial charge in [-0.15, -0.1) is 10.2 Å². The van der Waals surface area contributed by atoms with Gasteiger partial charge < -0.3 is 15.3 Å². The van der Waals surface area contributed by atoms with Crippen molar-refractivity contribution in [2.45, 2.75) is 26.1 Å². The number of alkyl halides is 3. The number of carboxylic acid groups (broad SMARTS) is 1. The number of pyridine rings is 1. The van der Waals surface area contributed by atoms with Crippen LogP contribution in [0, 0.1) is 11.8 Å². The summed E-state index contributed by atoms with van der Waals surface area (Å²) in [5.41, 5.74) is -0.624. The molecule has 0 bridgehead atoms. The summed E-state index contributed by atoms with van der Waals surface area (Å²) in [6.45, 7) is 2.22. The highest BCUT2D eigenvalue weighted by Crippen LogP contribution is 2.29. The number of nitrogens with one attached hydrogen (secondary N) is 1. The third kappa shape index (κ3) is 4.12. The number of nitrogens with zero attached hydrogens (tertiary/aromatic N) is 4. The molecule has 2 aromatic rings. The minimum Gasteiger partial charge on any atom is -0.481 e. The quantitative estimate of drug-likeness (QED) is 0.842. The zero-order valence-electron chi connectivity index (χ0n) is 14.4. The Bertz CT molecular complexity index is 867. The lowest BCUT2D eigenvalue weighted by atomic mass is 9.91. The van der Waals surface area contributed by atoms with Gasteiger partial charge in [-0.2, -0.15) is 13.2 Å². The predicted octanol–water partition coefficient (Wildman–Crippen LogP) is 2.00. The number of aromatic nitrogens is 3. The molecule has 3 heterocycles. The van der Waals surface area contributed by atoms with E-state index in [1.807, 2.05) is 6.92 Å². The Morgan fingerprint density at radius 3 is 2.70 bits per heavy atom. The summed E-state index contributed by atoms with van der Waals surface area (Å²) in [5.74, 6) is -1.41. The van der Waals surface area contributed by atoms with Crippen molar-refractivity contribution < 1.29 is 27.9 Å². The third-order valence-corrected chi connectivity index (χ3v) is 4.49. The molecule has 1 fully saturated rings. The Hall–Kier alpha value is -2.85. The van der Waals surface area contributed by atoms with Crippen molar-refractivity contribution in [1.82, 2.24) is 24.8 Å². The standard InChI is InChI=1S/C16H18F3N5O3/c1-9-4-10(14(25)26)7-23(6-9)15(27)20-5-13-22-21-12-3-2-11(8-24(12)13)16(17,18)19/h2-3,8-10H,4-7H2,1H3,(H,20,27)(H,25,26). The van der Waals surface area contributed by atoms with Crippen LogP contribution in [0.1, 0.15) is 24.7 Å². The van der Waals surface area contributed by atoms with Crippen LogP contribution in [0.15, 0.2) is 18.3 Å². The molecule has 1 aliphatic heterocycles. The van der Waals surface area contributed by atoms with Crippen LogP contribution in [0.3, 0.4) is 0 Å². The number of carbonyl (C=O) groups excluding carboxylic acids is 1. The molecule has 3 rings (SSSR count). The fourth-order valence-electron chi connectivity index (χ4n) is 3.19. The second-order valence-electron chi connectivity index (χ2n) is 6.70. The van der Waals surface area contributed by atoms with Gasteiger partial charge in [0.15, 0.2) is 11.5 Å². The van der Waals surface area contributed by atoms with Gasteiger partial charge >= 0.3 is 18.2 Å². The third-order valence-electron chi connectivity index (χ3n) is 4.49. The number of rotatable bonds is 3. The zero-order chi connectivity index (χ0) is 19.8. The maximum absolute atomic E-state index is 12.9. The van der Waals surface area contributed by atoms with Crippen molar-refractivity contribution in [3.63, 3.8) is 0 Å². The van der Waals surface area contributed by atoms with E-state index in [1.54, 1.807) is 0 Å². The van der Waals surface area contributed by atoms with Gasteiger partial charge in [-0.3, -0.25) is 9.20 Å². The van der Waals surface area contributed by atoms with E-state index >= 15 is 0 Å². The van der Waals surface area contributed by atoms with Gasteiger partial charge in [0.2, 0.25) is 0 Å². The van der Waals surface area contributed by atoms with Crippen LogP contribution in [0.25, 0.3) is 5.65 Å². The van der Waals surface area contributed by atoms with E-state index in [-0.39, 0.29) is 30.5 Å². The summed E-state index contributed by atoms with van der Waals surface area (Å²) in [5, 5.41) is 19.3. The Balaban J connectivity index is 1.71. The molecule has 11 heteroatoms. The number of fused-ring (bicyclic) bond motifs is 1. The highest BCUT2D eigenvalue weighted by Gasteiger charge is 2.32. The number of urea groups is 1. The van der Waals surface area contributed by atoms with Crippen LogP contribution >= 0.6 is 0 Å². The summed E-state index contributed by atoms with van der Waals surface area (Å²) in [6, 6.07) is 1.62. The van der Waals surface area contributed by atoms with Crippen molar-refractivity contribution in [3.05, 3.63) is 29.7 Å². The summed E-state index contributed by atoms with van der Waals surface area (Å²) in [6.07, 6.45) is -3.14. The predicted molar refractivity (Wildman–Crippen MR) is 86.7 cm³/mol. The zero-order valence-corrected chi connectivity index (χ0v) is 14.4. The average molecular weight is 385 g/mol. The molecule has 0 spiro atoms. The molecule has 0 radical (unpaired) electrons. The molecule has 2 N–H and O–H groups in total. The van der Waals surface area contributed by atoms with E-state index in [2.05, 4.69) is 15.5 Å². The van der Waals surface area contributed by atoms with Gasteiger partial charge in [-0.1, -0.05) is 6.92 Å². The van der Waals surface area contributed by atoms with Crippen molar-refractivity contribution in [2.75, 3.05) is 13.1 Å². The molecule has 146 valence electrons. The van der Waals surface area contributed by atoms with E-state index in [9.17, 15) is 27.9 Å². The lowest BCUT2D eigenvalue weighted by Gasteiger charge is -2.34. The number of piperidine rings is 1. The Morgan fingerprint density at radius 2 is 2.04 bits per heavy atom. The molecule has 1 saturated heterocycles. The molecule has 2 amide bonds. The topological polar surface area (TPSA) is 99.8 Å². The monoisotopic (exact) mass is 385 g/mol. The number of aliphatic carboxylic acids is 1. The molecule has 0 saturated carbocycles. The summed E-state index contributed by atoms with van der Waals surface area (Å²) >= 11 is 0. The van der Waals surface area contributed by atoms with Gasteiger partial charge in [0.1, 0.15) is 0 Å². The molecule has 8 nitrogen and oxygen atoms in total. The van der Waals surface area contributed by atoms with Gasteiger partial charge in [0.05, 0.1) is 18.0 Å². The van der Waals surface area contributed by atoms with Crippen LogP contribution in [-0.2, 0) is 17.5 Å². The van der Waals surface area contributed by atoms with Crippen molar-refractivity contribution >= 4 is 17.6 Å². The Labute approximate surface area is 152 Å². The summed E-state index contributed by atoms with van der Waals surface area (Å²) in [7, 11) is 0. The molecule has 27 heavy (non-hydrogen) atoms. The van der Waals surface area contributed by atoms with Crippen molar-refractivity contribution in [2.24, 2.45) is 11.8 Å². The van der Waals surface area contributed by atoms with Crippen molar-refractivity contribution in [1.29, 1.82) is 0 Å². The molecule has 2 unspecified atom stereocenters. The van der Waals surface area contributed by atoms with Crippen molar-refractivity contribution in [3.8, 4) is 0 Å². The maximum atomic E-state index is 12.9. The second kappa shape index (κ2) is 7.05. The molecule has 2 atom stereocenters. The van der Waals surface area contributed by atoms with E-state index in [0.717, 1.165) is 12.3 Å². The van der Waals surface area contributed by atoms with Crippen LogP contribution in [-0.4, -0.2) is 49.7 Å². The number of amides is 2. The minimum atomic E-state index is -4.51. The first-order valence-corrected chi connectivity index (χ1v) is 8.31. The molecule has 0 aliphatic carbocycles. The second-order valence-corrected chi connectivity index (χ2v) is 6.70. The first-order chi connectivity index (χ1) is 12.6. The number of hydrogen-bond acceptors (Lipinski definition) is 4. The molecular formula is C16H18F3N5O3. The highest BCUT2D eigenvalue weighted by molar-refractivity contribution is 5.76. The highest BCUT2D eigenvalue weighted by atomic mass is 19.4. The van der Waals surface area contributed by atoms with E-state index in [1.165, 1.54) is 15.4 Å². The Morgan fingerprint density at radius 1 is 1.30 bits per heavy atom. The largest absolute Gasteiger partial charge is 0.481 e. The lowest BCUT2D eigenvalue weighted by Crippen LogP contribution is -2.49. The van der Waals surface area contributed by atoms with E-state index in [0.29, 0.717) is 13.0 Å². The first kappa shape index (κ1) is 18.9. The van der Waals surface area contributed by atoms with E-state index < -0.39 is 29.7 Å². The molecular weight excluding hydrogens is 367 g/mol. The maximum Gasteiger partial charge on any atom is 0.417 e. The molecule has 1 aliphatic rings. The fraction of sp³-hybridized carbons (Fsp3) is 0.500. The smallest absolute Gasteiger partial charge is 0.417 e. The number of carboxylic acids is 1. The van der Waals surface area contributed by atoms with Crippen LogP contribution in [0.4, 0.5) is 18.0 Å². The van der Waals surface area contributed by atoms with Crippen LogP contribution < -0.4 is 5.32 Å². The molecule has 2 aromatic heterocycles. The lowest BCUT2D eigenvalue weighted by molar-refractivity contribution is -0.143. The number of carbonyl (C=O) groups is 2. The number of halogens is 3. The normalized spacial score (nSPS) is 20.7. The minimum absolute atomic E-state index is 0.0360. The SMILES string of the molecule is CC1CC(C(=O)O)CN(C(=O)NCc2nnc3ccc(C(F)(F)F)cn23)C1. The number of hydrogen-bond donors (Lipinski definition) is 2. The van der Waals surface area contributed by atoms with Crippen LogP contribution in [0.5, 0.6) is 0 Å². The summed E-state index contributed by atoms with van der Waals surface area (Å²) in [4.78, 5) is 25.0. The van der Waals surface area contributed by atoms with Gasteiger partial charge in [-0.25, -0.2) is 4.79 Å². The fourth-order valence-corrected chi connectivity index (χ4v) is 3.19. The summed E-state index contributed by atoms with van der Waals surface area (Å²) < 4.78 is 39.8. The average Bonchev–Trinajstić information content (AvgIpc) is 3.00. The Kier molecular flexibility index (Phi) is 4.94. The molecule has 0 aromatic carbocycles.